The van der Waals surface area contributed by atoms with Crippen molar-refractivity contribution in [2.45, 2.75) is 23.8 Å². The topological polar surface area (TPSA) is 40.6 Å². The Bertz CT molecular complexity index is 1190. The van der Waals surface area contributed by atoms with Crippen molar-refractivity contribution >= 4 is 10.0 Å². The lowest BCUT2D eigenvalue weighted by atomic mass is 9.93. The van der Waals surface area contributed by atoms with Gasteiger partial charge in [-0.05, 0) is 47.2 Å². The lowest BCUT2D eigenvalue weighted by Crippen LogP contribution is -2.49. The summed E-state index contributed by atoms with van der Waals surface area (Å²) >= 11 is 0. The summed E-state index contributed by atoms with van der Waals surface area (Å²) < 4.78 is 54.6. The number of sulfonamides is 1. The summed E-state index contributed by atoms with van der Waals surface area (Å²) in [5.74, 6) is -1.79. The minimum Gasteiger partial charge on any atom is -0.290 e. The molecule has 0 saturated carbocycles. The molecule has 1 aliphatic heterocycles. The van der Waals surface area contributed by atoms with E-state index in [0.717, 1.165) is 25.0 Å². The molecular weight excluding hydrogens is 430 g/mol. The fourth-order valence-electron chi connectivity index (χ4n) is 4.92. The number of fused-ring (bicyclic) bond motifs is 2. The summed E-state index contributed by atoms with van der Waals surface area (Å²) in [6, 6.07) is 19.4. The molecule has 1 heterocycles. The Morgan fingerprint density at radius 1 is 0.719 bits per heavy atom. The summed E-state index contributed by atoms with van der Waals surface area (Å²) in [7, 11) is -3.96. The van der Waals surface area contributed by atoms with Crippen LogP contribution in [0.2, 0.25) is 0 Å². The summed E-state index contributed by atoms with van der Waals surface area (Å²) in [6.45, 7) is 1.59. The second-order valence-corrected chi connectivity index (χ2v) is 10.3. The highest BCUT2D eigenvalue weighted by atomic mass is 32.2. The first-order valence-corrected chi connectivity index (χ1v) is 12.2. The summed E-state index contributed by atoms with van der Waals surface area (Å²) in [5.41, 5.74) is 5.17. The standard InChI is InChI=1S/C25H24F2N2O2S/c26-20-15-21(27)17-22(16-20)32(30,31)29-13-11-28(12-14-29)25-23-7-3-1-5-18(23)9-10-19-6-2-4-8-24(19)25/h1-8,15-17,25H,9-14H2. The fraction of sp³-hybridized carbons (Fsp3) is 0.280. The third-order valence-corrected chi connectivity index (χ3v) is 8.35. The van der Waals surface area contributed by atoms with Crippen LogP contribution in [-0.4, -0.2) is 43.8 Å². The Kier molecular flexibility index (Phi) is 5.57. The average molecular weight is 455 g/mol. The van der Waals surface area contributed by atoms with Crippen molar-refractivity contribution in [3.8, 4) is 0 Å². The van der Waals surface area contributed by atoms with Crippen LogP contribution >= 0.6 is 0 Å². The van der Waals surface area contributed by atoms with Crippen LogP contribution in [0.3, 0.4) is 0 Å². The molecule has 0 spiro atoms. The number of piperazine rings is 1. The van der Waals surface area contributed by atoms with Crippen LogP contribution in [0.15, 0.2) is 71.6 Å². The van der Waals surface area contributed by atoms with Crippen molar-refractivity contribution in [1.82, 2.24) is 9.21 Å². The highest BCUT2D eigenvalue weighted by Gasteiger charge is 2.34. The van der Waals surface area contributed by atoms with Gasteiger partial charge in [-0.2, -0.15) is 4.31 Å². The number of benzene rings is 3. The van der Waals surface area contributed by atoms with Crippen molar-refractivity contribution in [3.05, 3.63) is 101 Å². The molecule has 2 aliphatic rings. The lowest BCUT2D eigenvalue weighted by molar-refractivity contribution is 0.155. The number of rotatable bonds is 3. The fourth-order valence-corrected chi connectivity index (χ4v) is 6.38. The summed E-state index contributed by atoms with van der Waals surface area (Å²) in [5, 5.41) is 0. The first-order valence-electron chi connectivity index (χ1n) is 10.8. The highest BCUT2D eigenvalue weighted by molar-refractivity contribution is 7.89. The van der Waals surface area contributed by atoms with E-state index in [1.807, 2.05) is 0 Å². The maximum Gasteiger partial charge on any atom is 0.243 e. The molecule has 166 valence electrons. The van der Waals surface area contributed by atoms with Crippen LogP contribution in [0, 0.1) is 11.6 Å². The van der Waals surface area contributed by atoms with E-state index in [2.05, 4.69) is 53.4 Å². The zero-order chi connectivity index (χ0) is 22.3. The molecule has 32 heavy (non-hydrogen) atoms. The maximum absolute atomic E-state index is 13.6. The molecule has 0 bridgehead atoms. The molecule has 0 N–H and O–H groups in total. The molecule has 0 amide bonds. The molecule has 5 rings (SSSR count). The summed E-state index contributed by atoms with van der Waals surface area (Å²) in [6.07, 6.45) is 1.95. The van der Waals surface area contributed by atoms with Crippen molar-refractivity contribution in [2.75, 3.05) is 26.2 Å². The number of hydrogen-bond acceptors (Lipinski definition) is 3. The van der Waals surface area contributed by atoms with E-state index in [-0.39, 0.29) is 24.0 Å². The van der Waals surface area contributed by atoms with Crippen molar-refractivity contribution in [3.63, 3.8) is 0 Å². The number of hydrogen-bond donors (Lipinski definition) is 0. The Morgan fingerprint density at radius 3 is 1.75 bits per heavy atom. The molecule has 1 fully saturated rings. The van der Waals surface area contributed by atoms with E-state index in [4.69, 9.17) is 0 Å². The van der Waals surface area contributed by atoms with E-state index in [1.165, 1.54) is 26.6 Å². The van der Waals surface area contributed by atoms with Gasteiger partial charge in [0.1, 0.15) is 11.6 Å². The average Bonchev–Trinajstić information content (AvgIpc) is 2.95. The van der Waals surface area contributed by atoms with E-state index in [1.54, 1.807) is 0 Å². The smallest absolute Gasteiger partial charge is 0.243 e. The number of aryl methyl sites for hydroxylation is 2. The molecule has 0 radical (unpaired) electrons. The SMILES string of the molecule is O=S(=O)(c1cc(F)cc(F)c1)N1CCN(C2c3ccccc3CCc3ccccc32)CC1. The van der Waals surface area contributed by atoms with Crippen LogP contribution in [0.5, 0.6) is 0 Å². The van der Waals surface area contributed by atoms with Gasteiger partial charge in [-0.25, -0.2) is 17.2 Å². The Balaban J connectivity index is 1.43. The van der Waals surface area contributed by atoms with Crippen molar-refractivity contribution in [2.24, 2.45) is 0 Å². The predicted octanol–water partition coefficient (Wildman–Crippen LogP) is 4.16. The molecule has 0 aromatic heterocycles. The molecule has 3 aromatic rings. The van der Waals surface area contributed by atoms with Gasteiger partial charge in [0.25, 0.3) is 0 Å². The first kappa shape index (κ1) is 21.2. The Hall–Kier alpha value is -2.61. The molecular formula is C25H24F2N2O2S. The van der Waals surface area contributed by atoms with Gasteiger partial charge in [-0.15, -0.1) is 0 Å². The van der Waals surface area contributed by atoms with Crippen LogP contribution < -0.4 is 0 Å². The molecule has 1 saturated heterocycles. The quantitative estimate of drug-likeness (QED) is 0.597. The zero-order valence-electron chi connectivity index (χ0n) is 17.5. The minimum atomic E-state index is -3.96. The Labute approximate surface area is 187 Å². The lowest BCUT2D eigenvalue weighted by Gasteiger charge is -2.39. The van der Waals surface area contributed by atoms with E-state index >= 15 is 0 Å². The van der Waals surface area contributed by atoms with Gasteiger partial charge < -0.3 is 0 Å². The van der Waals surface area contributed by atoms with Gasteiger partial charge in [0, 0.05) is 32.2 Å². The first-order chi connectivity index (χ1) is 15.4. The van der Waals surface area contributed by atoms with Crippen molar-refractivity contribution in [1.29, 1.82) is 0 Å². The molecule has 3 aromatic carbocycles. The van der Waals surface area contributed by atoms with Gasteiger partial charge in [-0.1, -0.05) is 48.5 Å². The third-order valence-electron chi connectivity index (χ3n) is 6.48. The highest BCUT2D eigenvalue weighted by Crippen LogP contribution is 2.37. The second-order valence-electron chi connectivity index (χ2n) is 8.35. The molecule has 0 atom stereocenters. The second kappa shape index (κ2) is 8.39. The van der Waals surface area contributed by atoms with Gasteiger partial charge >= 0.3 is 0 Å². The predicted molar refractivity (Wildman–Crippen MR) is 119 cm³/mol. The summed E-state index contributed by atoms with van der Waals surface area (Å²) in [4.78, 5) is 1.98. The largest absolute Gasteiger partial charge is 0.290 e. The van der Waals surface area contributed by atoms with Gasteiger partial charge in [0.05, 0.1) is 10.9 Å². The van der Waals surface area contributed by atoms with Gasteiger partial charge in [0.15, 0.2) is 0 Å². The number of nitrogens with zero attached hydrogens (tertiary/aromatic N) is 2. The van der Waals surface area contributed by atoms with Crippen LogP contribution in [0.25, 0.3) is 0 Å². The van der Waals surface area contributed by atoms with Crippen LogP contribution in [0.1, 0.15) is 28.3 Å². The van der Waals surface area contributed by atoms with Gasteiger partial charge in [-0.3, -0.25) is 4.90 Å². The Morgan fingerprint density at radius 2 is 1.22 bits per heavy atom. The van der Waals surface area contributed by atoms with E-state index in [9.17, 15) is 17.2 Å². The zero-order valence-corrected chi connectivity index (χ0v) is 18.4. The molecule has 7 heteroatoms. The van der Waals surface area contributed by atoms with E-state index < -0.39 is 21.7 Å². The third kappa shape index (κ3) is 3.85. The molecule has 0 unspecified atom stereocenters. The normalized spacial score (nSPS) is 18.1. The minimum absolute atomic E-state index is 0.0568. The molecule has 1 aliphatic carbocycles. The van der Waals surface area contributed by atoms with E-state index in [0.29, 0.717) is 19.2 Å². The maximum atomic E-state index is 13.6. The van der Waals surface area contributed by atoms with Crippen LogP contribution in [-0.2, 0) is 22.9 Å². The van der Waals surface area contributed by atoms with Gasteiger partial charge in [0.2, 0.25) is 10.0 Å². The number of halogens is 2. The van der Waals surface area contributed by atoms with Crippen LogP contribution in [0.4, 0.5) is 8.78 Å². The monoisotopic (exact) mass is 454 g/mol. The van der Waals surface area contributed by atoms with Crippen molar-refractivity contribution < 1.29 is 17.2 Å². The molecule has 4 nitrogen and oxygen atoms in total.